The Bertz CT molecular complexity index is 1450. The molecule has 2 unspecified atom stereocenters. The molecule has 5 rings (SSSR count). The molecule has 37 heavy (non-hydrogen) atoms. The average molecular weight is 540 g/mol. The molecule has 0 aliphatic carbocycles. The highest BCUT2D eigenvalue weighted by molar-refractivity contribution is 8.03. The maximum absolute atomic E-state index is 13.6. The lowest BCUT2D eigenvalue weighted by Crippen LogP contribution is -2.61. The van der Waals surface area contributed by atoms with Gasteiger partial charge in [-0.1, -0.05) is 17.7 Å². The number of sulfonamides is 1. The lowest BCUT2D eigenvalue weighted by Gasteiger charge is -2.43. The van der Waals surface area contributed by atoms with Crippen LogP contribution in [0.5, 0.6) is 0 Å². The van der Waals surface area contributed by atoms with E-state index in [9.17, 15) is 18.5 Å². The van der Waals surface area contributed by atoms with E-state index >= 15 is 0 Å². The van der Waals surface area contributed by atoms with E-state index in [1.165, 1.54) is 10.0 Å². The number of amides is 2. The minimum atomic E-state index is -3.84. The second-order valence-corrected chi connectivity index (χ2v) is 12.6. The van der Waals surface area contributed by atoms with Crippen molar-refractivity contribution < 1.29 is 13.2 Å². The third kappa shape index (κ3) is 4.61. The molecular formula is C25H29N7O3S2. The number of carbonyl (C=O) groups is 1. The fourth-order valence-corrected chi connectivity index (χ4v) is 7.68. The Morgan fingerprint density at radius 2 is 2.08 bits per heavy atom. The number of fused-ring (bicyclic) bond motifs is 1. The topological polar surface area (TPSA) is 116 Å². The minimum absolute atomic E-state index is 0.0872. The van der Waals surface area contributed by atoms with Gasteiger partial charge < -0.3 is 14.8 Å². The Morgan fingerprint density at radius 1 is 1.27 bits per heavy atom. The molecule has 2 amide bonds. The molecule has 1 aromatic heterocycles. The largest absolute Gasteiger partial charge is 0.364 e. The lowest BCUT2D eigenvalue weighted by molar-refractivity contribution is 0.0857. The molecule has 2 N–H and O–H groups in total. The van der Waals surface area contributed by atoms with Crippen LogP contribution in [0.3, 0.4) is 0 Å². The fraction of sp³-hybridized carbons (Fsp3) is 0.440. The summed E-state index contributed by atoms with van der Waals surface area (Å²) in [6.07, 6.45) is 6.85. The first-order valence-corrected chi connectivity index (χ1v) is 14.5. The Morgan fingerprint density at radius 3 is 2.84 bits per heavy atom. The first-order valence-electron chi connectivity index (χ1n) is 12.2. The highest BCUT2D eigenvalue weighted by atomic mass is 32.2. The van der Waals surface area contributed by atoms with Gasteiger partial charge in [0.05, 0.1) is 11.4 Å². The number of terminal acetylenes is 1. The maximum Gasteiger partial charge on any atom is 0.339 e. The van der Waals surface area contributed by atoms with Crippen molar-refractivity contribution >= 4 is 38.7 Å². The number of benzene rings is 1. The third-order valence-corrected chi connectivity index (χ3v) is 10.2. The molecule has 2 atom stereocenters. The van der Waals surface area contributed by atoms with Gasteiger partial charge in [0.25, 0.3) is 10.0 Å². The van der Waals surface area contributed by atoms with Gasteiger partial charge in [0.15, 0.2) is 0 Å². The normalized spacial score (nSPS) is 22.5. The van der Waals surface area contributed by atoms with Crippen molar-refractivity contribution in [2.45, 2.75) is 42.6 Å². The molecule has 194 valence electrons. The first-order chi connectivity index (χ1) is 17.7. The quantitative estimate of drug-likeness (QED) is 0.574. The summed E-state index contributed by atoms with van der Waals surface area (Å²) in [6, 6.07) is 8.41. The molecule has 3 aliphatic rings. The summed E-state index contributed by atoms with van der Waals surface area (Å²) in [5, 5.41) is 12.9. The predicted molar refractivity (Wildman–Crippen MR) is 142 cm³/mol. The summed E-state index contributed by atoms with van der Waals surface area (Å²) < 4.78 is 28.5. The number of aromatic nitrogens is 1. The number of urea groups is 1. The maximum atomic E-state index is 13.6. The number of nitrogens with one attached hydrogen (secondary N) is 2. The highest BCUT2D eigenvalue weighted by Crippen LogP contribution is 2.38. The molecule has 10 nitrogen and oxygen atoms in total. The second kappa shape index (κ2) is 9.86. The zero-order valence-corrected chi connectivity index (χ0v) is 22.4. The lowest BCUT2D eigenvalue weighted by atomic mass is 10.1. The van der Waals surface area contributed by atoms with Crippen LogP contribution in [0.1, 0.15) is 31.7 Å². The third-order valence-electron chi connectivity index (χ3n) is 7.22. The van der Waals surface area contributed by atoms with E-state index in [1.807, 2.05) is 0 Å². The van der Waals surface area contributed by atoms with Crippen molar-refractivity contribution in [1.82, 2.24) is 29.5 Å². The van der Waals surface area contributed by atoms with E-state index in [0.717, 1.165) is 16.8 Å². The van der Waals surface area contributed by atoms with Gasteiger partial charge in [0.1, 0.15) is 10.1 Å². The van der Waals surface area contributed by atoms with Crippen molar-refractivity contribution in [2.24, 2.45) is 0 Å². The number of hydrogen-bond acceptors (Lipinski definition) is 7. The van der Waals surface area contributed by atoms with Crippen molar-refractivity contribution in [2.75, 3.05) is 33.2 Å². The zero-order valence-electron chi connectivity index (χ0n) is 20.8. The Hall–Kier alpha value is -3.32. The molecule has 0 saturated carbocycles. The van der Waals surface area contributed by atoms with Gasteiger partial charge in [-0.3, -0.25) is 5.43 Å². The van der Waals surface area contributed by atoms with Gasteiger partial charge in [-0.25, -0.2) is 18.2 Å². The van der Waals surface area contributed by atoms with Gasteiger partial charge in [0.2, 0.25) is 0 Å². The first kappa shape index (κ1) is 25.3. The molecule has 1 fully saturated rings. The SMILES string of the molecule is C#Cc1ccc2[nH]c(S(=O)(=O)N3CCN(C(=O)N4CCC5=C(N4)SC(C)N5C)C(CCC#N)C3)cc2c1. The second-order valence-electron chi connectivity index (χ2n) is 9.39. The molecule has 3 aliphatic heterocycles. The van der Waals surface area contributed by atoms with E-state index in [0.29, 0.717) is 29.4 Å². The summed E-state index contributed by atoms with van der Waals surface area (Å²) in [5.41, 5.74) is 5.82. The van der Waals surface area contributed by atoms with Crippen molar-refractivity contribution in [3.8, 4) is 18.4 Å². The molecule has 0 radical (unpaired) electrons. The average Bonchev–Trinajstić information content (AvgIpc) is 3.46. The van der Waals surface area contributed by atoms with Gasteiger partial charge >= 0.3 is 6.03 Å². The number of hydrazine groups is 1. The van der Waals surface area contributed by atoms with Crippen LogP contribution in [-0.4, -0.2) is 83.2 Å². The number of aromatic amines is 1. The zero-order chi connectivity index (χ0) is 26.3. The minimum Gasteiger partial charge on any atom is -0.364 e. The molecule has 2 aromatic rings. The van der Waals surface area contributed by atoms with E-state index in [-0.39, 0.29) is 37.1 Å². The van der Waals surface area contributed by atoms with E-state index in [2.05, 4.69) is 41.3 Å². The van der Waals surface area contributed by atoms with E-state index in [1.54, 1.807) is 45.9 Å². The van der Waals surface area contributed by atoms with Gasteiger partial charge in [-0.2, -0.15) is 9.57 Å². The highest BCUT2D eigenvalue weighted by Gasteiger charge is 2.40. The number of H-pyrrole nitrogens is 1. The Labute approximate surface area is 221 Å². The monoisotopic (exact) mass is 539 g/mol. The number of piperazine rings is 1. The number of nitrogens with zero attached hydrogens (tertiary/aromatic N) is 5. The summed E-state index contributed by atoms with van der Waals surface area (Å²) in [4.78, 5) is 20.5. The van der Waals surface area contributed by atoms with Gasteiger partial charge in [0, 0.05) is 74.3 Å². The number of rotatable bonds is 4. The van der Waals surface area contributed by atoms with Crippen LogP contribution in [0.2, 0.25) is 0 Å². The summed E-state index contributed by atoms with van der Waals surface area (Å²) in [5.74, 6) is 2.56. The molecule has 1 aromatic carbocycles. The van der Waals surface area contributed by atoms with E-state index < -0.39 is 16.1 Å². The van der Waals surface area contributed by atoms with Crippen LogP contribution in [0, 0.1) is 23.7 Å². The standard InChI is InChI=1S/C25H29N7O3S2/c1-4-18-7-8-21-19(14-18)15-23(27-21)37(34,35)30-12-13-31(20(16-30)6-5-10-26)25(33)32-11-9-22-24(28-32)36-17(2)29(22)3/h1,7-8,14-15,17,20,27-28H,5-6,9,11-13,16H2,2-3H3. The summed E-state index contributed by atoms with van der Waals surface area (Å²) in [7, 11) is -1.79. The summed E-state index contributed by atoms with van der Waals surface area (Å²) >= 11 is 1.68. The summed E-state index contributed by atoms with van der Waals surface area (Å²) in [6.45, 7) is 3.17. The molecular weight excluding hydrogens is 510 g/mol. The van der Waals surface area contributed by atoms with Crippen molar-refractivity contribution in [1.29, 1.82) is 5.26 Å². The predicted octanol–water partition coefficient (Wildman–Crippen LogP) is 2.65. The Balaban J connectivity index is 1.34. The molecule has 1 saturated heterocycles. The van der Waals surface area contributed by atoms with Crippen molar-refractivity contribution in [3.05, 3.63) is 40.6 Å². The number of thioether (sulfide) groups is 1. The smallest absolute Gasteiger partial charge is 0.339 e. The Kier molecular flexibility index (Phi) is 6.75. The molecule has 0 bridgehead atoms. The van der Waals surface area contributed by atoms with Crippen LogP contribution >= 0.6 is 11.8 Å². The van der Waals surface area contributed by atoms with Crippen LogP contribution in [0.25, 0.3) is 10.9 Å². The number of nitriles is 1. The molecule has 0 spiro atoms. The van der Waals surface area contributed by atoms with E-state index in [4.69, 9.17) is 6.42 Å². The fourth-order valence-electron chi connectivity index (χ4n) is 5.02. The van der Waals surface area contributed by atoms with Crippen LogP contribution in [0.4, 0.5) is 4.79 Å². The number of hydrogen-bond donors (Lipinski definition) is 2. The van der Waals surface area contributed by atoms with Crippen LogP contribution in [-0.2, 0) is 10.0 Å². The molecule has 4 heterocycles. The molecule has 12 heteroatoms. The van der Waals surface area contributed by atoms with Crippen molar-refractivity contribution in [3.63, 3.8) is 0 Å². The van der Waals surface area contributed by atoms with Crippen LogP contribution in [0.15, 0.2) is 40.0 Å². The number of carbonyl (C=O) groups excluding carboxylic acids is 1. The van der Waals surface area contributed by atoms with Gasteiger partial charge in [-0.05, 0) is 37.6 Å². The van der Waals surface area contributed by atoms with Gasteiger partial charge in [-0.15, -0.1) is 6.42 Å². The van der Waals surface area contributed by atoms with Crippen LogP contribution < -0.4 is 5.43 Å².